The molecule has 0 aromatic carbocycles. The summed E-state index contributed by atoms with van der Waals surface area (Å²) in [6.07, 6.45) is 6.15. The normalized spacial score (nSPS) is 17.9. The summed E-state index contributed by atoms with van der Waals surface area (Å²) in [5.74, 6) is 1.72. The Balaban J connectivity index is 2.15. The number of methoxy groups -OCH3 is 1. The van der Waals surface area contributed by atoms with E-state index >= 15 is 0 Å². The van der Waals surface area contributed by atoms with Gasteiger partial charge in [0.05, 0.1) is 0 Å². The van der Waals surface area contributed by atoms with E-state index in [4.69, 9.17) is 4.74 Å². The topological polar surface area (TPSA) is 47.0 Å². The molecule has 4 heteroatoms. The van der Waals surface area contributed by atoms with E-state index in [2.05, 4.69) is 22.2 Å². The van der Waals surface area contributed by atoms with Crippen molar-refractivity contribution in [2.75, 3.05) is 19.0 Å². The van der Waals surface area contributed by atoms with Gasteiger partial charge in [0.1, 0.15) is 11.4 Å². The zero-order valence-electron chi connectivity index (χ0n) is 9.99. The van der Waals surface area contributed by atoms with E-state index in [1.807, 2.05) is 6.07 Å². The molecule has 1 fully saturated rings. The molecule has 1 aromatic heterocycles. The molecule has 0 amide bonds. The average molecular weight is 221 g/mol. The minimum Gasteiger partial charge on any atom is -0.370 e. The van der Waals surface area contributed by atoms with Crippen LogP contribution in [0.3, 0.4) is 0 Å². The van der Waals surface area contributed by atoms with Crippen molar-refractivity contribution in [3.63, 3.8) is 0 Å². The highest BCUT2D eigenvalue weighted by atomic mass is 16.5. The summed E-state index contributed by atoms with van der Waals surface area (Å²) in [6.45, 7) is 3.08. The molecule has 0 atom stereocenters. The molecule has 1 saturated carbocycles. The smallest absolute Gasteiger partial charge is 0.162 e. The van der Waals surface area contributed by atoms with Gasteiger partial charge in [-0.15, -0.1) is 0 Å². The van der Waals surface area contributed by atoms with Crippen molar-refractivity contribution < 1.29 is 4.74 Å². The van der Waals surface area contributed by atoms with Gasteiger partial charge in [0.2, 0.25) is 0 Å². The molecule has 1 heterocycles. The number of aromatic nitrogens is 2. The summed E-state index contributed by atoms with van der Waals surface area (Å²) < 4.78 is 5.57. The van der Waals surface area contributed by atoms with Crippen LogP contribution in [0.25, 0.3) is 0 Å². The van der Waals surface area contributed by atoms with Gasteiger partial charge in [0, 0.05) is 19.9 Å². The van der Waals surface area contributed by atoms with E-state index < -0.39 is 0 Å². The molecule has 88 valence electrons. The van der Waals surface area contributed by atoms with Crippen molar-refractivity contribution in [2.24, 2.45) is 0 Å². The molecule has 0 aliphatic heterocycles. The lowest BCUT2D eigenvalue weighted by Crippen LogP contribution is -2.38. The predicted octanol–water partition coefficient (Wildman–Crippen LogP) is 2.32. The molecule has 1 N–H and O–H groups in total. The second kappa shape index (κ2) is 4.78. The Morgan fingerprint density at radius 2 is 2.31 bits per heavy atom. The molecule has 0 radical (unpaired) electrons. The first-order valence-electron chi connectivity index (χ1n) is 5.93. The molecule has 1 aromatic rings. The van der Waals surface area contributed by atoms with E-state index in [0.29, 0.717) is 0 Å². The van der Waals surface area contributed by atoms with Crippen LogP contribution in [0.4, 0.5) is 5.82 Å². The van der Waals surface area contributed by atoms with Crippen molar-refractivity contribution in [2.45, 2.75) is 38.2 Å². The summed E-state index contributed by atoms with van der Waals surface area (Å²) in [4.78, 5) is 8.86. The second-order valence-corrected chi connectivity index (χ2v) is 4.24. The van der Waals surface area contributed by atoms with Crippen LogP contribution in [0.1, 0.15) is 38.4 Å². The molecular weight excluding hydrogens is 202 g/mol. The third-order valence-corrected chi connectivity index (χ3v) is 3.17. The van der Waals surface area contributed by atoms with E-state index in [9.17, 15) is 0 Å². The van der Waals surface area contributed by atoms with Crippen LogP contribution in [0.2, 0.25) is 0 Å². The van der Waals surface area contributed by atoms with Crippen LogP contribution in [-0.2, 0) is 10.3 Å². The Hall–Kier alpha value is -1.16. The Morgan fingerprint density at radius 1 is 1.50 bits per heavy atom. The molecule has 0 saturated heterocycles. The third-order valence-electron chi connectivity index (χ3n) is 3.17. The van der Waals surface area contributed by atoms with E-state index in [1.54, 1.807) is 13.3 Å². The molecule has 1 aliphatic rings. The molecule has 1 aliphatic carbocycles. The largest absolute Gasteiger partial charge is 0.370 e. The van der Waals surface area contributed by atoms with Gasteiger partial charge < -0.3 is 10.1 Å². The minimum atomic E-state index is -0.218. The summed E-state index contributed by atoms with van der Waals surface area (Å²) in [7, 11) is 1.74. The van der Waals surface area contributed by atoms with Gasteiger partial charge in [0.15, 0.2) is 5.82 Å². The van der Waals surface area contributed by atoms with Crippen molar-refractivity contribution >= 4 is 5.82 Å². The maximum absolute atomic E-state index is 5.57. The molecule has 0 unspecified atom stereocenters. The van der Waals surface area contributed by atoms with Crippen LogP contribution in [0, 0.1) is 0 Å². The first-order valence-corrected chi connectivity index (χ1v) is 5.93. The lowest BCUT2D eigenvalue weighted by molar-refractivity contribution is -0.0845. The average Bonchev–Trinajstić information content (AvgIpc) is 2.26. The van der Waals surface area contributed by atoms with Gasteiger partial charge in [-0.3, -0.25) is 0 Å². The molecule has 4 nitrogen and oxygen atoms in total. The monoisotopic (exact) mass is 221 g/mol. The summed E-state index contributed by atoms with van der Waals surface area (Å²) >= 11 is 0. The highest BCUT2D eigenvalue weighted by Crippen LogP contribution is 2.42. The Morgan fingerprint density at radius 3 is 2.88 bits per heavy atom. The standard InChI is InChI=1S/C12H19N3O/c1-3-8-13-10-5-9-14-11(15-10)12(16-2)6-4-7-12/h5,9H,3-4,6-8H2,1-2H3,(H,13,14,15). The van der Waals surface area contributed by atoms with Crippen molar-refractivity contribution in [3.8, 4) is 0 Å². The molecule has 16 heavy (non-hydrogen) atoms. The lowest BCUT2D eigenvalue weighted by atomic mass is 9.79. The highest BCUT2D eigenvalue weighted by molar-refractivity contribution is 5.33. The number of anilines is 1. The fourth-order valence-corrected chi connectivity index (χ4v) is 1.95. The Bertz CT molecular complexity index is 344. The maximum Gasteiger partial charge on any atom is 0.162 e. The van der Waals surface area contributed by atoms with Gasteiger partial charge in [-0.05, 0) is 31.7 Å². The Labute approximate surface area is 96.4 Å². The fourth-order valence-electron chi connectivity index (χ4n) is 1.95. The van der Waals surface area contributed by atoms with Crippen LogP contribution in [-0.4, -0.2) is 23.6 Å². The van der Waals surface area contributed by atoms with Gasteiger partial charge in [-0.2, -0.15) is 0 Å². The van der Waals surface area contributed by atoms with E-state index in [-0.39, 0.29) is 5.60 Å². The van der Waals surface area contributed by atoms with Crippen molar-refractivity contribution in [3.05, 3.63) is 18.1 Å². The summed E-state index contributed by atoms with van der Waals surface area (Å²) in [5, 5.41) is 3.27. The Kier molecular flexibility index (Phi) is 3.39. The number of hydrogen-bond donors (Lipinski definition) is 1. The maximum atomic E-state index is 5.57. The first kappa shape index (κ1) is 11.3. The number of nitrogens with one attached hydrogen (secondary N) is 1. The van der Waals surface area contributed by atoms with Crippen molar-refractivity contribution in [1.29, 1.82) is 0 Å². The van der Waals surface area contributed by atoms with Crippen molar-refractivity contribution in [1.82, 2.24) is 9.97 Å². The number of hydrogen-bond acceptors (Lipinski definition) is 4. The lowest BCUT2D eigenvalue weighted by Gasteiger charge is -2.38. The number of rotatable bonds is 5. The van der Waals surface area contributed by atoms with Crippen LogP contribution in [0.5, 0.6) is 0 Å². The van der Waals surface area contributed by atoms with E-state index in [0.717, 1.165) is 37.4 Å². The quantitative estimate of drug-likeness (QED) is 0.829. The summed E-state index contributed by atoms with van der Waals surface area (Å²) in [5.41, 5.74) is -0.218. The molecular formula is C12H19N3O. The predicted molar refractivity (Wildman–Crippen MR) is 63.4 cm³/mol. The zero-order valence-corrected chi connectivity index (χ0v) is 9.99. The van der Waals surface area contributed by atoms with Crippen LogP contribution >= 0.6 is 0 Å². The zero-order chi connectivity index (χ0) is 11.4. The van der Waals surface area contributed by atoms with Crippen LogP contribution < -0.4 is 5.32 Å². The van der Waals surface area contributed by atoms with Gasteiger partial charge in [-0.25, -0.2) is 9.97 Å². The van der Waals surface area contributed by atoms with Gasteiger partial charge in [-0.1, -0.05) is 6.92 Å². The molecule has 2 rings (SSSR count). The first-order chi connectivity index (χ1) is 7.80. The SMILES string of the molecule is CCCNc1ccnc(C2(OC)CCC2)n1. The molecule has 0 bridgehead atoms. The number of ether oxygens (including phenoxy) is 1. The molecule has 0 spiro atoms. The van der Waals surface area contributed by atoms with Crippen LogP contribution in [0.15, 0.2) is 12.3 Å². The summed E-state index contributed by atoms with van der Waals surface area (Å²) in [6, 6.07) is 1.90. The minimum absolute atomic E-state index is 0.218. The number of nitrogens with zero attached hydrogens (tertiary/aromatic N) is 2. The fraction of sp³-hybridized carbons (Fsp3) is 0.667. The highest BCUT2D eigenvalue weighted by Gasteiger charge is 2.41. The van der Waals surface area contributed by atoms with Gasteiger partial charge in [0.25, 0.3) is 0 Å². The van der Waals surface area contributed by atoms with E-state index in [1.165, 1.54) is 6.42 Å². The second-order valence-electron chi connectivity index (χ2n) is 4.24. The van der Waals surface area contributed by atoms with Gasteiger partial charge >= 0.3 is 0 Å². The third kappa shape index (κ3) is 2.02.